The van der Waals surface area contributed by atoms with E-state index in [9.17, 15) is 0 Å². The summed E-state index contributed by atoms with van der Waals surface area (Å²) in [7, 11) is 0. The summed E-state index contributed by atoms with van der Waals surface area (Å²) >= 11 is 1.58. The summed E-state index contributed by atoms with van der Waals surface area (Å²) in [6.07, 6.45) is 5.03. The van der Waals surface area contributed by atoms with Gasteiger partial charge in [-0.3, -0.25) is 9.97 Å². The molecule has 0 saturated heterocycles. The Kier molecular flexibility index (Phi) is 2.73. The molecule has 0 aromatic carbocycles. The lowest BCUT2D eigenvalue weighted by Crippen LogP contribution is -2.28. The molecule has 84 valence electrons. The van der Waals surface area contributed by atoms with E-state index in [4.69, 9.17) is 5.73 Å². The molecule has 4 nitrogen and oxygen atoms in total. The Balaban J connectivity index is 2.47. The van der Waals surface area contributed by atoms with E-state index in [1.807, 2.05) is 20.8 Å². The highest BCUT2D eigenvalue weighted by Gasteiger charge is 2.22. The molecular formula is C11H14N4S. The molecule has 16 heavy (non-hydrogen) atoms. The summed E-state index contributed by atoms with van der Waals surface area (Å²) in [6.45, 7) is 5.93. The van der Waals surface area contributed by atoms with Gasteiger partial charge in [0.05, 0.1) is 11.9 Å². The maximum atomic E-state index is 6.08. The highest BCUT2D eigenvalue weighted by atomic mass is 32.1. The quantitative estimate of drug-likeness (QED) is 0.864. The van der Waals surface area contributed by atoms with Crippen LogP contribution in [0.25, 0.3) is 10.7 Å². The van der Waals surface area contributed by atoms with Crippen LogP contribution in [-0.2, 0) is 5.54 Å². The summed E-state index contributed by atoms with van der Waals surface area (Å²) in [6, 6.07) is 0. The Hall–Kier alpha value is -1.33. The lowest BCUT2D eigenvalue weighted by molar-refractivity contribution is 0.562. The van der Waals surface area contributed by atoms with Crippen LogP contribution in [0.4, 0.5) is 0 Å². The highest BCUT2D eigenvalue weighted by molar-refractivity contribution is 7.15. The van der Waals surface area contributed by atoms with Crippen molar-refractivity contribution < 1.29 is 0 Å². The van der Waals surface area contributed by atoms with Gasteiger partial charge in [0.15, 0.2) is 0 Å². The van der Waals surface area contributed by atoms with Gasteiger partial charge in [-0.15, -0.1) is 11.3 Å². The van der Waals surface area contributed by atoms with Gasteiger partial charge in [-0.25, -0.2) is 4.98 Å². The third-order valence-electron chi connectivity index (χ3n) is 2.16. The number of rotatable bonds is 2. The lowest BCUT2D eigenvalue weighted by atomic mass is 10.0. The molecule has 0 amide bonds. The zero-order valence-corrected chi connectivity index (χ0v) is 10.4. The van der Waals surface area contributed by atoms with E-state index in [2.05, 4.69) is 15.0 Å². The number of nitrogens with zero attached hydrogens (tertiary/aromatic N) is 3. The molecule has 0 aliphatic rings. The second kappa shape index (κ2) is 3.92. The summed E-state index contributed by atoms with van der Waals surface area (Å²) in [5.74, 6) is 0. The van der Waals surface area contributed by atoms with E-state index >= 15 is 0 Å². The lowest BCUT2D eigenvalue weighted by Gasteiger charge is -2.16. The van der Waals surface area contributed by atoms with Crippen LogP contribution in [0.3, 0.4) is 0 Å². The largest absolute Gasteiger partial charge is 0.321 e. The molecule has 0 bridgehead atoms. The summed E-state index contributed by atoms with van der Waals surface area (Å²) in [5.41, 5.74) is 7.49. The Morgan fingerprint density at radius 2 is 2.06 bits per heavy atom. The Bertz CT molecular complexity index is 484. The fraction of sp³-hybridized carbons (Fsp3) is 0.364. The molecule has 0 atom stereocenters. The Morgan fingerprint density at radius 3 is 2.56 bits per heavy atom. The topological polar surface area (TPSA) is 64.7 Å². The number of nitrogens with two attached hydrogens (primary N) is 1. The van der Waals surface area contributed by atoms with Crippen molar-refractivity contribution in [3.05, 3.63) is 29.2 Å². The van der Waals surface area contributed by atoms with Crippen LogP contribution < -0.4 is 5.73 Å². The second-order valence-electron chi connectivity index (χ2n) is 4.25. The smallest absolute Gasteiger partial charge is 0.144 e. The summed E-state index contributed by atoms with van der Waals surface area (Å²) in [5, 5.41) is 0.874. The van der Waals surface area contributed by atoms with E-state index in [1.54, 1.807) is 29.9 Å². The van der Waals surface area contributed by atoms with Crippen molar-refractivity contribution in [1.82, 2.24) is 15.0 Å². The normalized spacial score (nSPS) is 11.8. The number of hydrogen-bond acceptors (Lipinski definition) is 5. The first-order valence-electron chi connectivity index (χ1n) is 5.01. The van der Waals surface area contributed by atoms with Crippen molar-refractivity contribution in [3.8, 4) is 10.7 Å². The minimum absolute atomic E-state index is 0.359. The first-order chi connectivity index (χ1) is 7.48. The maximum Gasteiger partial charge on any atom is 0.144 e. The third kappa shape index (κ3) is 2.10. The van der Waals surface area contributed by atoms with Crippen LogP contribution in [0, 0.1) is 6.92 Å². The van der Waals surface area contributed by atoms with E-state index < -0.39 is 0 Å². The van der Waals surface area contributed by atoms with E-state index in [-0.39, 0.29) is 5.54 Å². The average Bonchev–Trinajstić information content (AvgIpc) is 2.61. The molecular weight excluding hydrogens is 220 g/mol. The third-order valence-corrected chi connectivity index (χ3v) is 3.68. The van der Waals surface area contributed by atoms with Gasteiger partial charge < -0.3 is 5.73 Å². The molecule has 0 aliphatic carbocycles. The molecule has 0 saturated carbocycles. The van der Waals surface area contributed by atoms with Crippen LogP contribution in [0.15, 0.2) is 18.6 Å². The van der Waals surface area contributed by atoms with Crippen LogP contribution in [-0.4, -0.2) is 15.0 Å². The maximum absolute atomic E-state index is 6.08. The molecule has 0 fully saturated rings. The molecule has 0 aliphatic heterocycles. The fourth-order valence-electron chi connectivity index (χ4n) is 1.51. The molecule has 2 aromatic rings. The molecule has 0 spiro atoms. The van der Waals surface area contributed by atoms with Gasteiger partial charge in [0.2, 0.25) is 0 Å². The van der Waals surface area contributed by atoms with Gasteiger partial charge >= 0.3 is 0 Å². The minimum Gasteiger partial charge on any atom is -0.321 e. The summed E-state index contributed by atoms with van der Waals surface area (Å²) in [4.78, 5) is 13.8. The van der Waals surface area contributed by atoms with Crippen molar-refractivity contribution >= 4 is 11.3 Å². The van der Waals surface area contributed by atoms with E-state index in [0.29, 0.717) is 0 Å². The van der Waals surface area contributed by atoms with Crippen LogP contribution in [0.2, 0.25) is 0 Å². The van der Waals surface area contributed by atoms with Crippen molar-refractivity contribution in [2.75, 3.05) is 0 Å². The second-order valence-corrected chi connectivity index (χ2v) is 5.24. The van der Waals surface area contributed by atoms with Gasteiger partial charge in [0.25, 0.3) is 0 Å². The van der Waals surface area contributed by atoms with Crippen molar-refractivity contribution in [2.24, 2.45) is 5.73 Å². The van der Waals surface area contributed by atoms with Crippen molar-refractivity contribution in [1.29, 1.82) is 0 Å². The standard InChI is InChI=1S/C11H14N4S/c1-7-9(11(2,3)12)16-10(15-7)8-6-13-4-5-14-8/h4-6H,12H2,1-3H3. The fourth-order valence-corrected chi connectivity index (χ4v) is 2.56. The van der Waals surface area contributed by atoms with Crippen LogP contribution >= 0.6 is 11.3 Å². The zero-order chi connectivity index (χ0) is 11.8. The van der Waals surface area contributed by atoms with Crippen molar-refractivity contribution in [3.63, 3.8) is 0 Å². The first-order valence-corrected chi connectivity index (χ1v) is 5.83. The predicted molar refractivity (Wildman–Crippen MR) is 65.1 cm³/mol. The van der Waals surface area contributed by atoms with Gasteiger partial charge in [-0.1, -0.05) is 0 Å². The monoisotopic (exact) mass is 234 g/mol. The minimum atomic E-state index is -0.359. The number of aryl methyl sites for hydroxylation is 1. The first kappa shape index (κ1) is 11.2. The summed E-state index contributed by atoms with van der Waals surface area (Å²) < 4.78 is 0. The zero-order valence-electron chi connectivity index (χ0n) is 9.56. The van der Waals surface area contributed by atoms with E-state index in [0.717, 1.165) is 21.3 Å². The van der Waals surface area contributed by atoms with Crippen LogP contribution in [0.5, 0.6) is 0 Å². The van der Waals surface area contributed by atoms with Gasteiger partial charge in [-0.05, 0) is 20.8 Å². The highest BCUT2D eigenvalue weighted by Crippen LogP contribution is 2.32. The average molecular weight is 234 g/mol. The molecule has 2 rings (SSSR count). The van der Waals surface area contributed by atoms with Gasteiger partial charge in [0, 0.05) is 22.8 Å². The van der Waals surface area contributed by atoms with Gasteiger partial charge in [-0.2, -0.15) is 0 Å². The van der Waals surface area contributed by atoms with E-state index in [1.165, 1.54) is 0 Å². The number of thiazole rings is 1. The molecule has 5 heteroatoms. The van der Waals surface area contributed by atoms with Gasteiger partial charge in [0.1, 0.15) is 10.7 Å². The Morgan fingerprint density at radius 1 is 1.31 bits per heavy atom. The SMILES string of the molecule is Cc1nc(-c2cnccn2)sc1C(C)(C)N. The number of hydrogen-bond donors (Lipinski definition) is 1. The molecule has 2 N–H and O–H groups in total. The molecule has 0 radical (unpaired) electrons. The van der Waals surface area contributed by atoms with Crippen LogP contribution in [0.1, 0.15) is 24.4 Å². The molecule has 2 heterocycles. The molecule has 0 unspecified atom stereocenters. The van der Waals surface area contributed by atoms with Crippen molar-refractivity contribution in [2.45, 2.75) is 26.3 Å². The molecule has 2 aromatic heterocycles. The number of aromatic nitrogens is 3. The predicted octanol–water partition coefficient (Wildman–Crippen LogP) is 2.10. The Labute approximate surface area is 98.6 Å².